The number of nitrogens with one attached hydrogen (secondary N) is 4. The lowest BCUT2D eigenvalue weighted by atomic mass is 10.2. The van der Waals surface area contributed by atoms with E-state index in [1.54, 1.807) is 20.3 Å². The lowest BCUT2D eigenvalue weighted by molar-refractivity contribution is -0.118. The van der Waals surface area contributed by atoms with Gasteiger partial charge in [0.2, 0.25) is 29.4 Å². The van der Waals surface area contributed by atoms with E-state index in [1.807, 2.05) is 43.4 Å². The summed E-state index contributed by atoms with van der Waals surface area (Å²) >= 11 is 0. The van der Waals surface area contributed by atoms with Crippen LogP contribution in [0.3, 0.4) is 0 Å². The van der Waals surface area contributed by atoms with E-state index >= 15 is 0 Å². The molecule has 0 atom stereocenters. The topological polar surface area (TPSA) is 141 Å². The number of methoxy groups -OCH3 is 2. The van der Waals surface area contributed by atoms with Crippen molar-refractivity contribution < 1.29 is 23.7 Å². The molecule has 0 aromatic carbocycles. The lowest BCUT2D eigenvalue weighted by Gasteiger charge is -2.12. The first kappa shape index (κ1) is 30.5. The van der Waals surface area contributed by atoms with E-state index in [0.29, 0.717) is 49.7 Å². The summed E-state index contributed by atoms with van der Waals surface area (Å²) in [5.74, 6) is 1.84. The summed E-state index contributed by atoms with van der Waals surface area (Å²) in [6.45, 7) is 6.10. The Morgan fingerprint density at radius 3 is 1.73 bits per heavy atom. The number of hydrogen-bond donors (Lipinski definition) is 4. The van der Waals surface area contributed by atoms with Crippen LogP contribution in [-0.2, 0) is 31.1 Å². The highest BCUT2D eigenvalue weighted by atomic mass is 16.5. The van der Waals surface area contributed by atoms with Crippen LogP contribution in [0.25, 0.3) is 0 Å². The zero-order chi connectivity index (χ0) is 28.6. The van der Waals surface area contributed by atoms with Crippen LogP contribution in [0.5, 0.6) is 23.5 Å². The van der Waals surface area contributed by atoms with Gasteiger partial charge >= 0.3 is 0 Å². The molecule has 12 heteroatoms. The molecule has 0 saturated heterocycles. The molecule has 216 valence electrons. The van der Waals surface area contributed by atoms with Crippen molar-refractivity contribution in [2.75, 3.05) is 47.4 Å². The number of carbonyl (C=O) groups excluding carboxylic acids is 1. The Balaban J connectivity index is 1.50. The summed E-state index contributed by atoms with van der Waals surface area (Å²) in [7, 11) is 5.08. The molecule has 0 saturated carbocycles. The average molecular weight is 554 g/mol. The molecule has 3 aromatic heterocycles. The van der Waals surface area contributed by atoms with Gasteiger partial charge in [0, 0.05) is 69.5 Å². The van der Waals surface area contributed by atoms with Gasteiger partial charge in [-0.25, -0.2) is 0 Å². The number of aromatic nitrogens is 3. The van der Waals surface area contributed by atoms with E-state index in [-0.39, 0.29) is 19.1 Å². The summed E-state index contributed by atoms with van der Waals surface area (Å²) in [6, 6.07) is 13.1. The quantitative estimate of drug-likeness (QED) is 0.171. The predicted octanol–water partition coefficient (Wildman–Crippen LogP) is 1.58. The van der Waals surface area contributed by atoms with Gasteiger partial charge in [0.15, 0.2) is 0 Å². The molecule has 12 nitrogen and oxygen atoms in total. The number of carbonyl (C=O) groups is 1. The molecule has 0 aliphatic rings. The first-order chi connectivity index (χ1) is 19.5. The lowest BCUT2D eigenvalue weighted by Crippen LogP contribution is -2.30. The van der Waals surface area contributed by atoms with Crippen LogP contribution in [0.1, 0.15) is 29.4 Å². The normalized spacial score (nSPS) is 10.7. The summed E-state index contributed by atoms with van der Waals surface area (Å²) in [4.78, 5) is 24.5. The van der Waals surface area contributed by atoms with Crippen LogP contribution in [0.2, 0.25) is 0 Å². The highest BCUT2D eigenvalue weighted by Gasteiger charge is 2.10. The number of hydrogen-bond acceptors (Lipinski definition) is 11. The van der Waals surface area contributed by atoms with E-state index in [0.717, 1.165) is 35.6 Å². The fraction of sp³-hybridized carbons (Fsp3) is 0.429. The van der Waals surface area contributed by atoms with Crippen LogP contribution in [0, 0.1) is 0 Å². The Labute approximate surface area is 235 Å². The molecule has 1 amide bonds. The second kappa shape index (κ2) is 16.9. The fourth-order valence-electron chi connectivity index (χ4n) is 3.66. The van der Waals surface area contributed by atoms with Gasteiger partial charge in [-0.05, 0) is 31.3 Å². The molecular weight excluding hydrogens is 514 g/mol. The zero-order valence-electron chi connectivity index (χ0n) is 23.6. The van der Waals surface area contributed by atoms with Gasteiger partial charge in [0.25, 0.3) is 0 Å². The van der Waals surface area contributed by atoms with Crippen molar-refractivity contribution >= 4 is 5.91 Å². The standard InChI is InChI=1S/C28H39N7O5/c1-20(36)32-15-14-31-17-22-9-11-26(35-28(22)38-4)40-19-24-7-5-6-23(33-24)18-39-25-10-8-21(27(34-25)37-3)16-30-13-12-29-2/h5-11,29-31H,12-19H2,1-4H3,(H,32,36). The Kier molecular flexibility index (Phi) is 12.9. The largest absolute Gasteiger partial charge is 0.481 e. The minimum atomic E-state index is -0.0535. The molecule has 3 rings (SSSR count). The van der Waals surface area contributed by atoms with Crippen LogP contribution in [0.15, 0.2) is 42.5 Å². The molecule has 0 unspecified atom stereocenters. The van der Waals surface area contributed by atoms with Crippen molar-refractivity contribution in [1.29, 1.82) is 0 Å². The van der Waals surface area contributed by atoms with Crippen LogP contribution < -0.4 is 40.2 Å². The van der Waals surface area contributed by atoms with Crippen LogP contribution in [0.4, 0.5) is 0 Å². The van der Waals surface area contributed by atoms with E-state index in [9.17, 15) is 4.79 Å². The van der Waals surface area contributed by atoms with Crippen molar-refractivity contribution in [1.82, 2.24) is 36.2 Å². The molecule has 0 aliphatic carbocycles. The maximum atomic E-state index is 11.0. The molecule has 4 N–H and O–H groups in total. The van der Waals surface area contributed by atoms with E-state index in [2.05, 4.69) is 36.2 Å². The molecule has 0 fully saturated rings. The molecule has 3 aromatic rings. The minimum Gasteiger partial charge on any atom is -0.481 e. The number of amides is 1. The van der Waals surface area contributed by atoms with E-state index in [1.165, 1.54) is 6.92 Å². The summed E-state index contributed by atoms with van der Waals surface area (Å²) in [6.07, 6.45) is 0. The van der Waals surface area contributed by atoms with Crippen molar-refractivity contribution in [3.63, 3.8) is 0 Å². The number of nitrogens with zero attached hydrogens (tertiary/aromatic N) is 3. The van der Waals surface area contributed by atoms with E-state index in [4.69, 9.17) is 18.9 Å². The summed E-state index contributed by atoms with van der Waals surface area (Å²) < 4.78 is 22.6. The maximum Gasteiger partial charge on any atom is 0.220 e. The summed E-state index contributed by atoms with van der Waals surface area (Å²) in [5, 5.41) is 12.4. The van der Waals surface area contributed by atoms with Gasteiger partial charge < -0.3 is 40.2 Å². The van der Waals surface area contributed by atoms with Gasteiger partial charge in [-0.1, -0.05) is 6.07 Å². The van der Waals surface area contributed by atoms with Crippen LogP contribution in [-0.4, -0.2) is 68.3 Å². The first-order valence-electron chi connectivity index (χ1n) is 13.1. The first-order valence-corrected chi connectivity index (χ1v) is 13.1. The van der Waals surface area contributed by atoms with Crippen LogP contribution >= 0.6 is 0 Å². The van der Waals surface area contributed by atoms with Gasteiger partial charge in [-0.3, -0.25) is 9.78 Å². The molecule has 40 heavy (non-hydrogen) atoms. The molecule has 0 radical (unpaired) electrons. The fourth-order valence-corrected chi connectivity index (χ4v) is 3.66. The Hall–Kier alpha value is -4.00. The molecule has 0 aliphatic heterocycles. The van der Waals surface area contributed by atoms with Crippen molar-refractivity contribution in [3.8, 4) is 23.5 Å². The zero-order valence-corrected chi connectivity index (χ0v) is 23.6. The second-order valence-electron chi connectivity index (χ2n) is 8.77. The second-order valence-corrected chi connectivity index (χ2v) is 8.77. The Morgan fingerprint density at radius 2 is 1.25 bits per heavy atom. The molecule has 3 heterocycles. The third-order valence-electron chi connectivity index (χ3n) is 5.67. The number of ether oxygens (including phenoxy) is 4. The number of likely N-dealkylation sites (N-methyl/N-ethyl adjacent to an activating group) is 1. The minimum absolute atomic E-state index is 0.0535. The van der Waals surface area contributed by atoms with Crippen molar-refractivity contribution in [2.45, 2.75) is 33.2 Å². The van der Waals surface area contributed by atoms with Crippen molar-refractivity contribution in [2.24, 2.45) is 0 Å². The predicted molar refractivity (Wildman–Crippen MR) is 151 cm³/mol. The van der Waals surface area contributed by atoms with Gasteiger partial charge in [0.05, 0.1) is 25.6 Å². The highest BCUT2D eigenvalue weighted by molar-refractivity contribution is 5.72. The van der Waals surface area contributed by atoms with Crippen molar-refractivity contribution in [3.05, 3.63) is 65.0 Å². The Morgan fingerprint density at radius 1 is 0.725 bits per heavy atom. The average Bonchev–Trinajstić information content (AvgIpc) is 2.97. The Bertz CT molecular complexity index is 1210. The van der Waals surface area contributed by atoms with Gasteiger partial charge in [0.1, 0.15) is 13.2 Å². The van der Waals surface area contributed by atoms with Gasteiger partial charge in [-0.2, -0.15) is 9.97 Å². The maximum absolute atomic E-state index is 11.0. The third-order valence-corrected chi connectivity index (χ3v) is 5.67. The third kappa shape index (κ3) is 10.3. The molecule has 0 spiro atoms. The SMILES string of the molecule is CNCCNCc1ccc(OCc2cccc(COc3ccc(CNCCNC(C)=O)c(OC)n3)n2)nc1OC. The number of pyridine rings is 3. The monoisotopic (exact) mass is 553 g/mol. The molecule has 0 bridgehead atoms. The smallest absolute Gasteiger partial charge is 0.220 e. The number of rotatable bonds is 18. The summed E-state index contributed by atoms with van der Waals surface area (Å²) in [5.41, 5.74) is 3.32. The van der Waals surface area contributed by atoms with Gasteiger partial charge in [-0.15, -0.1) is 0 Å². The highest BCUT2D eigenvalue weighted by Crippen LogP contribution is 2.22. The molecular formula is C28H39N7O5. The van der Waals surface area contributed by atoms with E-state index < -0.39 is 0 Å².